The molecule has 0 fully saturated rings. The van der Waals surface area contributed by atoms with Crippen LogP contribution in [0.2, 0.25) is 0 Å². The fraction of sp³-hybridized carbons (Fsp3) is 0.435. The lowest BCUT2D eigenvalue weighted by atomic mass is 10.1. The van der Waals surface area contributed by atoms with E-state index in [2.05, 4.69) is 21.0 Å². The van der Waals surface area contributed by atoms with Crippen LogP contribution in [0.3, 0.4) is 0 Å². The number of ether oxygens (including phenoxy) is 1. The Kier molecular flexibility index (Phi) is 14.4. The second-order valence-electron chi connectivity index (χ2n) is 7.76. The first-order valence-corrected chi connectivity index (χ1v) is 10.1. The molecule has 168 valence electrons. The first-order chi connectivity index (χ1) is 13.5. The van der Waals surface area contributed by atoms with E-state index >= 15 is 0 Å². The normalized spacial score (nSPS) is 12.4. The van der Waals surface area contributed by atoms with Gasteiger partial charge in [0.05, 0.1) is 40.2 Å². The zero-order valence-corrected chi connectivity index (χ0v) is 19.5. The average molecular weight is 457 g/mol. The average Bonchev–Trinajstić information content (AvgIpc) is 2.70. The van der Waals surface area contributed by atoms with Crippen molar-refractivity contribution < 1.29 is 49.7 Å². The summed E-state index contributed by atoms with van der Waals surface area (Å²) in [5.41, 5.74) is 1.61. The van der Waals surface area contributed by atoms with Gasteiger partial charge in [-0.2, -0.15) is 0 Å². The van der Waals surface area contributed by atoms with Crippen molar-refractivity contribution in [2.45, 2.75) is 19.4 Å². The van der Waals surface area contributed by atoms with E-state index in [1.54, 1.807) is 0 Å². The minimum absolute atomic E-state index is 0. The molecule has 7 heteroatoms. The smallest absolute Gasteiger partial charge is 0.168 e. The number of carbonyl (C=O) groups is 1. The fourth-order valence-electron chi connectivity index (χ4n) is 3.20. The minimum Gasteiger partial charge on any atom is -1.00 e. The van der Waals surface area contributed by atoms with Gasteiger partial charge in [-0.15, -0.1) is 0 Å². The van der Waals surface area contributed by atoms with E-state index in [4.69, 9.17) is 4.74 Å². The number of halogens is 2. The van der Waals surface area contributed by atoms with Gasteiger partial charge in [-0.1, -0.05) is 37.3 Å². The van der Waals surface area contributed by atoms with Crippen molar-refractivity contribution in [3.05, 3.63) is 65.7 Å². The molecule has 0 aliphatic heterocycles. The molecular formula is C23H34Cl2N2O3. The first kappa shape index (κ1) is 28.4. The van der Waals surface area contributed by atoms with Crippen LogP contribution in [-0.2, 0) is 0 Å². The molecule has 0 aliphatic rings. The Labute approximate surface area is 192 Å². The van der Waals surface area contributed by atoms with Crippen LogP contribution in [0.25, 0.3) is 0 Å². The minimum atomic E-state index is -0.510. The summed E-state index contributed by atoms with van der Waals surface area (Å²) >= 11 is 0. The van der Waals surface area contributed by atoms with E-state index in [0.717, 1.165) is 17.9 Å². The third-order valence-electron chi connectivity index (χ3n) is 4.62. The largest absolute Gasteiger partial charge is 1.00 e. The predicted octanol–water partition coefficient (Wildman–Crippen LogP) is -5.28. The van der Waals surface area contributed by atoms with Gasteiger partial charge >= 0.3 is 0 Å². The number of nitrogens with two attached hydrogens (primary N) is 1. The molecule has 0 saturated carbocycles. The predicted molar refractivity (Wildman–Crippen MR) is 111 cm³/mol. The molecular weight excluding hydrogens is 423 g/mol. The van der Waals surface area contributed by atoms with E-state index < -0.39 is 6.10 Å². The molecule has 2 unspecified atom stereocenters. The topological polar surface area (TPSA) is 67.6 Å². The molecule has 0 aromatic heterocycles. The summed E-state index contributed by atoms with van der Waals surface area (Å²) in [6, 6.07) is 17.0. The molecule has 2 rings (SSSR count). The van der Waals surface area contributed by atoms with Crippen molar-refractivity contribution >= 4 is 5.78 Å². The number of Topliss-reactive ketones (excluding diaryl/α,β-unsaturated/α-hetero) is 1. The third-order valence-corrected chi connectivity index (χ3v) is 4.62. The molecule has 0 bridgehead atoms. The fourth-order valence-corrected chi connectivity index (χ4v) is 3.20. The number of aliphatic hydroxyl groups excluding tert-OH is 1. The maximum atomic E-state index is 12.3. The Morgan fingerprint density at radius 2 is 1.70 bits per heavy atom. The molecule has 0 heterocycles. The number of quaternary nitrogens is 2. The van der Waals surface area contributed by atoms with E-state index in [0.29, 0.717) is 37.6 Å². The van der Waals surface area contributed by atoms with Gasteiger partial charge in [-0.05, 0) is 29.8 Å². The highest BCUT2D eigenvalue weighted by molar-refractivity contribution is 5.96. The van der Waals surface area contributed by atoms with Crippen molar-refractivity contribution in [1.29, 1.82) is 0 Å². The lowest BCUT2D eigenvalue weighted by molar-refractivity contribution is -0.861. The van der Waals surface area contributed by atoms with Crippen LogP contribution in [-0.4, -0.2) is 51.2 Å². The number of aliphatic hydroxyl groups is 1. The van der Waals surface area contributed by atoms with Crippen LogP contribution in [0.1, 0.15) is 35.4 Å². The zero-order valence-electron chi connectivity index (χ0n) is 18.0. The van der Waals surface area contributed by atoms with Crippen LogP contribution in [0.5, 0.6) is 5.75 Å². The zero-order chi connectivity index (χ0) is 20.4. The standard InChI is InChI=1S/C23H32N2O3.2ClH/c1-18(16-25(2)3)17-28-21-11-9-20(10-12-21)22(26)13-14-24-15-23(27)19-7-5-4-6-8-19;;/h4-12,18,23-24,27H,13-17H2,1-3H3;2*1H. The van der Waals surface area contributed by atoms with Gasteiger partial charge < -0.3 is 44.9 Å². The molecule has 0 amide bonds. The second kappa shape index (κ2) is 15.2. The highest BCUT2D eigenvalue weighted by Gasteiger charge is 2.11. The van der Waals surface area contributed by atoms with Gasteiger partial charge in [-0.3, -0.25) is 4.79 Å². The monoisotopic (exact) mass is 456 g/mol. The number of hydrogen-bond donors (Lipinski definition) is 3. The Hall–Kier alpha value is -1.63. The van der Waals surface area contributed by atoms with Crippen LogP contribution >= 0.6 is 0 Å². The quantitative estimate of drug-likeness (QED) is 0.221. The maximum absolute atomic E-state index is 12.3. The lowest BCUT2D eigenvalue weighted by Gasteiger charge is -2.15. The van der Waals surface area contributed by atoms with Gasteiger partial charge in [0.15, 0.2) is 5.78 Å². The first-order valence-electron chi connectivity index (χ1n) is 10.1. The summed E-state index contributed by atoms with van der Waals surface area (Å²) in [5.74, 6) is 1.39. The Bertz CT molecular complexity index is 712. The van der Waals surface area contributed by atoms with Gasteiger partial charge in [0.1, 0.15) is 18.4 Å². The van der Waals surface area contributed by atoms with E-state index in [1.165, 1.54) is 4.90 Å². The summed E-state index contributed by atoms with van der Waals surface area (Å²) in [6.45, 7) is 5.13. The van der Waals surface area contributed by atoms with Gasteiger partial charge in [0, 0.05) is 11.5 Å². The molecule has 0 saturated heterocycles. The van der Waals surface area contributed by atoms with Crippen molar-refractivity contribution in [3.63, 3.8) is 0 Å². The van der Waals surface area contributed by atoms with Gasteiger partial charge in [0.2, 0.25) is 0 Å². The Morgan fingerprint density at radius 3 is 2.30 bits per heavy atom. The molecule has 0 aliphatic carbocycles. The van der Waals surface area contributed by atoms with E-state index in [9.17, 15) is 9.90 Å². The number of hydrogen-bond acceptors (Lipinski definition) is 3. The van der Waals surface area contributed by atoms with E-state index in [-0.39, 0.29) is 30.6 Å². The Morgan fingerprint density at radius 1 is 1.07 bits per heavy atom. The van der Waals surface area contributed by atoms with Crippen LogP contribution in [0.15, 0.2) is 54.6 Å². The molecule has 4 N–H and O–H groups in total. The van der Waals surface area contributed by atoms with Crippen LogP contribution < -0.4 is 39.8 Å². The Balaban J connectivity index is 0.00000420. The highest BCUT2D eigenvalue weighted by Crippen LogP contribution is 2.14. The van der Waals surface area contributed by atoms with Crippen molar-refractivity contribution in [3.8, 4) is 5.75 Å². The van der Waals surface area contributed by atoms with Gasteiger partial charge in [0.25, 0.3) is 0 Å². The van der Waals surface area contributed by atoms with Crippen LogP contribution in [0.4, 0.5) is 0 Å². The molecule has 2 aromatic carbocycles. The summed E-state index contributed by atoms with van der Waals surface area (Å²) in [5, 5.41) is 12.1. The maximum Gasteiger partial charge on any atom is 0.168 e. The van der Waals surface area contributed by atoms with Crippen molar-refractivity contribution in [2.24, 2.45) is 5.92 Å². The molecule has 0 spiro atoms. The second-order valence-corrected chi connectivity index (χ2v) is 7.76. The number of rotatable bonds is 12. The summed E-state index contributed by atoms with van der Waals surface area (Å²) in [6.07, 6.45) is -0.0612. The van der Waals surface area contributed by atoms with Crippen molar-refractivity contribution in [2.75, 3.05) is 40.3 Å². The number of carbonyl (C=O) groups excluding carboxylic acids is 1. The van der Waals surface area contributed by atoms with Gasteiger partial charge in [-0.25, -0.2) is 0 Å². The summed E-state index contributed by atoms with van der Waals surface area (Å²) < 4.78 is 5.81. The summed E-state index contributed by atoms with van der Waals surface area (Å²) in [4.78, 5) is 13.7. The summed E-state index contributed by atoms with van der Waals surface area (Å²) in [7, 11) is 4.27. The SMILES string of the molecule is CC(COc1ccc(C(=O)CC[NH2+]CC(O)c2ccccc2)cc1)C[NH+](C)C.[Cl-].[Cl-]. The van der Waals surface area contributed by atoms with E-state index in [1.807, 2.05) is 59.9 Å². The number of ketones is 1. The lowest BCUT2D eigenvalue weighted by Crippen LogP contribution is -3.06. The highest BCUT2D eigenvalue weighted by atomic mass is 35.5. The molecule has 5 nitrogen and oxygen atoms in total. The number of nitrogens with one attached hydrogen (secondary N) is 1. The number of benzene rings is 2. The third kappa shape index (κ3) is 10.4. The molecule has 2 atom stereocenters. The molecule has 0 radical (unpaired) electrons. The molecule has 30 heavy (non-hydrogen) atoms. The van der Waals surface area contributed by atoms with Crippen LogP contribution in [0, 0.1) is 5.92 Å². The molecule has 2 aromatic rings. The van der Waals surface area contributed by atoms with Crippen molar-refractivity contribution in [1.82, 2.24) is 0 Å².